The van der Waals surface area contributed by atoms with Crippen LogP contribution in [0.5, 0.6) is 0 Å². The third-order valence-electron chi connectivity index (χ3n) is 1.83. The zero-order chi connectivity index (χ0) is 14.7. The van der Waals surface area contributed by atoms with E-state index < -0.39 is 11.7 Å². The monoisotopic (exact) mass is 288 g/mol. The molecule has 0 amide bonds. The Morgan fingerprint density at radius 1 is 0.737 bits per heavy atom. The first-order chi connectivity index (χ1) is 9.00. The van der Waals surface area contributed by atoms with Gasteiger partial charge in [-0.25, -0.2) is 0 Å². The van der Waals surface area contributed by atoms with Crippen LogP contribution in [0.15, 0.2) is 60.7 Å². The van der Waals surface area contributed by atoms with E-state index in [0.29, 0.717) is 0 Å². The van der Waals surface area contributed by atoms with Crippen molar-refractivity contribution in [2.45, 2.75) is 20.0 Å². The van der Waals surface area contributed by atoms with Crippen LogP contribution in [0, 0.1) is 0 Å². The molecule has 2 aromatic rings. The van der Waals surface area contributed by atoms with Gasteiger partial charge in [0.15, 0.2) is 0 Å². The lowest BCUT2D eigenvalue weighted by Crippen LogP contribution is -2.03. The van der Waals surface area contributed by atoms with Gasteiger partial charge in [0.1, 0.15) is 0 Å². The molecule has 0 bridgehead atoms. The molecule has 0 nitrogen and oxygen atoms in total. The Balaban J connectivity index is 0.000000316. The first-order valence-electron chi connectivity index (χ1n) is 5.83. The fraction of sp³-hybridized carbons (Fsp3) is 0.200. The zero-order valence-corrected chi connectivity index (χ0v) is 11.5. The van der Waals surface area contributed by atoms with Crippen LogP contribution in [-0.2, 0) is 6.18 Å². The second-order valence-corrected chi connectivity index (χ2v) is 3.60. The molecule has 0 saturated carbocycles. The quantitative estimate of drug-likeness (QED) is 0.552. The zero-order valence-electron chi connectivity index (χ0n) is 10.8. The van der Waals surface area contributed by atoms with E-state index in [1.165, 1.54) is 12.1 Å². The van der Waals surface area contributed by atoms with Crippen LogP contribution < -0.4 is 0 Å². The van der Waals surface area contributed by atoms with Gasteiger partial charge in [0, 0.05) is 5.02 Å². The molecule has 0 aliphatic carbocycles. The standard InChI is InChI=1S/C7H5F3.C6H5Cl.C2H6/c8-7(9,10)6-4-2-1-3-5-6;7-6-4-2-1-3-5-6;1-2/h1-5H;1-5H;1-2H3. The molecule has 104 valence electrons. The lowest BCUT2D eigenvalue weighted by Gasteiger charge is -2.03. The van der Waals surface area contributed by atoms with Crippen LogP contribution in [0.2, 0.25) is 5.02 Å². The third-order valence-corrected chi connectivity index (χ3v) is 2.09. The van der Waals surface area contributed by atoms with Crippen LogP contribution in [0.4, 0.5) is 13.2 Å². The number of hydrogen-bond donors (Lipinski definition) is 0. The SMILES string of the molecule is CC.Clc1ccccc1.FC(F)(F)c1ccccc1. The fourth-order valence-electron chi connectivity index (χ4n) is 1.04. The lowest BCUT2D eigenvalue weighted by atomic mass is 10.2. The molecule has 0 radical (unpaired) electrons. The Morgan fingerprint density at radius 3 is 1.32 bits per heavy atom. The molecule has 0 unspecified atom stereocenters. The molecule has 0 aliphatic heterocycles. The molecule has 0 saturated heterocycles. The van der Waals surface area contributed by atoms with Crippen molar-refractivity contribution in [1.29, 1.82) is 0 Å². The molecule has 0 aromatic heterocycles. The van der Waals surface area contributed by atoms with E-state index in [1.807, 2.05) is 44.2 Å². The van der Waals surface area contributed by atoms with Crippen molar-refractivity contribution in [2.75, 3.05) is 0 Å². The number of hydrogen-bond acceptors (Lipinski definition) is 0. The van der Waals surface area contributed by atoms with E-state index in [9.17, 15) is 13.2 Å². The highest BCUT2D eigenvalue weighted by Gasteiger charge is 2.29. The van der Waals surface area contributed by atoms with Gasteiger partial charge in [-0.2, -0.15) is 13.2 Å². The van der Waals surface area contributed by atoms with Crippen molar-refractivity contribution in [3.8, 4) is 0 Å². The molecule has 0 fully saturated rings. The van der Waals surface area contributed by atoms with Gasteiger partial charge in [0.25, 0.3) is 0 Å². The third kappa shape index (κ3) is 8.27. The summed E-state index contributed by atoms with van der Waals surface area (Å²) in [5.41, 5.74) is -0.602. The summed E-state index contributed by atoms with van der Waals surface area (Å²) in [7, 11) is 0. The maximum absolute atomic E-state index is 11.8. The van der Waals surface area contributed by atoms with Crippen molar-refractivity contribution >= 4 is 11.6 Å². The summed E-state index contributed by atoms with van der Waals surface area (Å²) in [6, 6.07) is 15.8. The van der Waals surface area contributed by atoms with Crippen molar-refractivity contribution < 1.29 is 13.2 Å². The van der Waals surface area contributed by atoms with Crippen molar-refractivity contribution in [3.63, 3.8) is 0 Å². The van der Waals surface area contributed by atoms with Crippen LogP contribution in [-0.4, -0.2) is 0 Å². The van der Waals surface area contributed by atoms with Crippen LogP contribution in [0.3, 0.4) is 0 Å². The minimum atomic E-state index is -4.21. The summed E-state index contributed by atoms with van der Waals surface area (Å²) in [5, 5.41) is 0.794. The molecule has 2 rings (SSSR count). The lowest BCUT2D eigenvalue weighted by molar-refractivity contribution is -0.137. The van der Waals surface area contributed by atoms with Gasteiger partial charge in [-0.1, -0.05) is 74.0 Å². The molecule has 19 heavy (non-hydrogen) atoms. The first-order valence-corrected chi connectivity index (χ1v) is 6.21. The highest BCUT2D eigenvalue weighted by Crippen LogP contribution is 2.28. The summed E-state index contributed by atoms with van der Waals surface area (Å²) >= 11 is 5.54. The molecule has 4 heteroatoms. The predicted octanol–water partition coefficient (Wildman–Crippen LogP) is 6.07. The van der Waals surface area contributed by atoms with Crippen molar-refractivity contribution in [1.82, 2.24) is 0 Å². The number of rotatable bonds is 0. The van der Waals surface area contributed by atoms with Gasteiger partial charge in [-0.05, 0) is 12.1 Å². The summed E-state index contributed by atoms with van der Waals surface area (Å²) in [4.78, 5) is 0. The Labute approximate surface area is 116 Å². The summed E-state index contributed by atoms with van der Waals surface area (Å²) in [5.74, 6) is 0. The van der Waals surface area contributed by atoms with Gasteiger partial charge in [0.2, 0.25) is 0 Å². The Bertz CT molecular complexity index is 424. The molecule has 0 N–H and O–H groups in total. The second-order valence-electron chi connectivity index (χ2n) is 3.16. The maximum Gasteiger partial charge on any atom is 0.416 e. The Kier molecular flexibility index (Phi) is 8.71. The average molecular weight is 289 g/mol. The first kappa shape index (κ1) is 17.5. The van der Waals surface area contributed by atoms with Crippen LogP contribution in [0.25, 0.3) is 0 Å². The Hall–Kier alpha value is -1.48. The Morgan fingerprint density at radius 2 is 1.11 bits per heavy atom. The average Bonchev–Trinajstić information content (AvgIpc) is 2.43. The summed E-state index contributed by atoms with van der Waals surface area (Å²) in [6.07, 6.45) is -4.21. The van der Waals surface area contributed by atoms with Gasteiger partial charge in [0.05, 0.1) is 5.56 Å². The molecule has 0 spiro atoms. The molecular formula is C15H16ClF3. The predicted molar refractivity (Wildman–Crippen MR) is 74.2 cm³/mol. The molecule has 0 aliphatic rings. The smallest absolute Gasteiger partial charge is 0.166 e. The van der Waals surface area contributed by atoms with Gasteiger partial charge in [-0.3, -0.25) is 0 Å². The van der Waals surface area contributed by atoms with Crippen molar-refractivity contribution in [3.05, 3.63) is 71.2 Å². The minimum absolute atomic E-state index is 0.602. The number of halogens is 4. The van der Waals surface area contributed by atoms with E-state index >= 15 is 0 Å². The van der Waals surface area contributed by atoms with Gasteiger partial charge < -0.3 is 0 Å². The topological polar surface area (TPSA) is 0 Å². The van der Waals surface area contributed by atoms with E-state index in [-0.39, 0.29) is 0 Å². The highest BCUT2D eigenvalue weighted by atomic mass is 35.5. The summed E-state index contributed by atoms with van der Waals surface area (Å²) in [6.45, 7) is 4.00. The van der Waals surface area contributed by atoms with E-state index in [4.69, 9.17) is 11.6 Å². The normalized spacial score (nSPS) is 9.58. The van der Waals surface area contributed by atoms with E-state index in [0.717, 1.165) is 17.2 Å². The van der Waals surface area contributed by atoms with Gasteiger partial charge >= 0.3 is 6.18 Å². The molecule has 0 heterocycles. The molecule has 2 aromatic carbocycles. The fourth-order valence-corrected chi connectivity index (χ4v) is 1.19. The highest BCUT2D eigenvalue weighted by molar-refractivity contribution is 6.30. The molecule has 0 atom stereocenters. The second kappa shape index (κ2) is 9.45. The number of alkyl halides is 3. The largest absolute Gasteiger partial charge is 0.416 e. The van der Waals surface area contributed by atoms with Crippen molar-refractivity contribution in [2.24, 2.45) is 0 Å². The van der Waals surface area contributed by atoms with Gasteiger partial charge in [-0.15, -0.1) is 0 Å². The summed E-state index contributed by atoms with van der Waals surface area (Å²) < 4.78 is 35.4. The van der Waals surface area contributed by atoms with Crippen LogP contribution in [0.1, 0.15) is 19.4 Å². The maximum atomic E-state index is 11.8. The van der Waals surface area contributed by atoms with E-state index in [2.05, 4.69) is 0 Å². The van der Waals surface area contributed by atoms with E-state index in [1.54, 1.807) is 6.07 Å². The molecular weight excluding hydrogens is 273 g/mol. The number of benzene rings is 2. The minimum Gasteiger partial charge on any atom is -0.166 e. The van der Waals surface area contributed by atoms with Crippen LogP contribution >= 0.6 is 11.6 Å².